The van der Waals surface area contributed by atoms with Gasteiger partial charge in [-0.1, -0.05) is 41.9 Å². The normalized spacial score (nSPS) is 16.6. The monoisotopic (exact) mass is 465 g/mol. The van der Waals surface area contributed by atoms with Crippen LogP contribution >= 0.6 is 11.6 Å². The maximum Gasteiger partial charge on any atom is 0.251 e. The number of halogens is 2. The maximum absolute atomic E-state index is 13.1. The van der Waals surface area contributed by atoms with Crippen molar-refractivity contribution in [1.29, 1.82) is 0 Å². The summed E-state index contributed by atoms with van der Waals surface area (Å²) in [7, 11) is 0. The van der Waals surface area contributed by atoms with Gasteiger partial charge < -0.3 is 10.2 Å². The van der Waals surface area contributed by atoms with Crippen molar-refractivity contribution in [2.24, 2.45) is 0 Å². The lowest BCUT2D eigenvalue weighted by atomic mass is 10.1. The van der Waals surface area contributed by atoms with Gasteiger partial charge in [-0.25, -0.2) is 4.39 Å². The summed E-state index contributed by atoms with van der Waals surface area (Å²) < 4.78 is 13.1. The highest BCUT2D eigenvalue weighted by molar-refractivity contribution is 6.31. The van der Waals surface area contributed by atoms with Crippen LogP contribution in [0.1, 0.15) is 34.0 Å². The lowest BCUT2D eigenvalue weighted by Crippen LogP contribution is -2.51. The summed E-state index contributed by atoms with van der Waals surface area (Å²) in [6, 6.07) is 20.9. The number of anilines is 1. The number of hydrogen-bond donors (Lipinski definition) is 1. The summed E-state index contributed by atoms with van der Waals surface area (Å²) in [6.07, 6.45) is 0. The highest BCUT2D eigenvalue weighted by atomic mass is 35.5. The van der Waals surface area contributed by atoms with E-state index in [9.17, 15) is 9.18 Å². The molecule has 4 rings (SSSR count). The third kappa shape index (κ3) is 5.73. The highest BCUT2D eigenvalue weighted by Crippen LogP contribution is 2.23. The first kappa shape index (κ1) is 23.3. The number of nitrogens with zero attached hydrogens (tertiary/aromatic N) is 2. The van der Waals surface area contributed by atoms with Gasteiger partial charge in [0.25, 0.3) is 5.91 Å². The molecule has 33 heavy (non-hydrogen) atoms. The van der Waals surface area contributed by atoms with E-state index >= 15 is 0 Å². The van der Waals surface area contributed by atoms with Crippen molar-refractivity contribution in [3.63, 3.8) is 0 Å². The van der Waals surface area contributed by atoms with Crippen molar-refractivity contribution < 1.29 is 9.18 Å². The Bertz CT molecular complexity index is 1100. The second kappa shape index (κ2) is 10.4. The standard InChI is InChI=1S/C27H29ClFN3O/c1-19-17-31(18-22-6-10-23(29)11-7-22)14-15-32(19)24-12-8-21(9-13-24)16-30-27(33)25-4-3-5-26(28)20(25)2/h3-13,19H,14-18H2,1-2H3,(H,30,33). The summed E-state index contributed by atoms with van der Waals surface area (Å²) in [6.45, 7) is 8.24. The Morgan fingerprint density at radius 3 is 2.42 bits per heavy atom. The van der Waals surface area contributed by atoms with Crippen LogP contribution in [-0.4, -0.2) is 36.5 Å². The molecule has 3 aromatic carbocycles. The topological polar surface area (TPSA) is 35.6 Å². The Morgan fingerprint density at radius 2 is 1.73 bits per heavy atom. The third-order valence-electron chi connectivity index (χ3n) is 6.26. The Morgan fingerprint density at radius 1 is 1.03 bits per heavy atom. The molecule has 1 aliphatic heterocycles. The number of carbonyl (C=O) groups excluding carboxylic acids is 1. The minimum atomic E-state index is -0.195. The summed E-state index contributed by atoms with van der Waals surface area (Å²) in [5.74, 6) is -0.315. The number of nitrogens with one attached hydrogen (secondary N) is 1. The molecule has 0 bridgehead atoms. The first-order valence-corrected chi connectivity index (χ1v) is 11.6. The van der Waals surface area contributed by atoms with Crippen molar-refractivity contribution >= 4 is 23.2 Å². The van der Waals surface area contributed by atoms with E-state index < -0.39 is 0 Å². The van der Waals surface area contributed by atoms with Crippen LogP contribution in [0.25, 0.3) is 0 Å². The molecule has 3 aromatic rings. The van der Waals surface area contributed by atoms with Crippen molar-refractivity contribution in [2.45, 2.75) is 33.0 Å². The van der Waals surface area contributed by atoms with Gasteiger partial charge in [-0.15, -0.1) is 0 Å². The minimum Gasteiger partial charge on any atom is -0.366 e. The molecule has 1 N–H and O–H groups in total. The van der Waals surface area contributed by atoms with Crippen LogP contribution < -0.4 is 10.2 Å². The minimum absolute atomic E-state index is 0.120. The van der Waals surface area contributed by atoms with Gasteiger partial charge in [0, 0.05) is 55.0 Å². The van der Waals surface area contributed by atoms with Crippen LogP contribution in [0.5, 0.6) is 0 Å². The Hall–Kier alpha value is -2.89. The van der Waals surface area contributed by atoms with Crippen LogP contribution in [0.15, 0.2) is 66.7 Å². The van der Waals surface area contributed by atoms with E-state index in [1.54, 1.807) is 18.2 Å². The first-order chi connectivity index (χ1) is 15.9. The smallest absolute Gasteiger partial charge is 0.251 e. The van der Waals surface area contributed by atoms with Gasteiger partial charge in [-0.05, 0) is 66.9 Å². The van der Waals surface area contributed by atoms with Crippen molar-refractivity contribution in [2.75, 3.05) is 24.5 Å². The molecule has 4 nitrogen and oxygen atoms in total. The quantitative estimate of drug-likeness (QED) is 0.527. The first-order valence-electron chi connectivity index (χ1n) is 11.3. The number of amides is 1. The molecular weight excluding hydrogens is 437 g/mol. The molecule has 1 aliphatic rings. The number of benzene rings is 3. The SMILES string of the molecule is Cc1c(Cl)cccc1C(=O)NCc1ccc(N2CCN(Cc3ccc(F)cc3)CC2C)cc1. The molecule has 1 heterocycles. The maximum atomic E-state index is 13.1. The zero-order valence-corrected chi connectivity index (χ0v) is 19.8. The van der Waals surface area contributed by atoms with Gasteiger partial charge >= 0.3 is 0 Å². The fourth-order valence-electron chi connectivity index (χ4n) is 4.34. The molecule has 1 fully saturated rings. The highest BCUT2D eigenvalue weighted by Gasteiger charge is 2.24. The van der Waals surface area contributed by atoms with Crippen LogP contribution in [0.2, 0.25) is 5.02 Å². The predicted octanol–water partition coefficient (Wildman–Crippen LogP) is 5.43. The Balaban J connectivity index is 1.31. The van der Waals surface area contributed by atoms with Gasteiger partial charge in [-0.3, -0.25) is 9.69 Å². The zero-order chi connectivity index (χ0) is 23.4. The van der Waals surface area contributed by atoms with Gasteiger partial charge in [0.1, 0.15) is 5.82 Å². The molecule has 0 aliphatic carbocycles. The molecule has 0 saturated carbocycles. The average molecular weight is 466 g/mol. The lowest BCUT2D eigenvalue weighted by molar-refractivity contribution is 0.0950. The van der Waals surface area contributed by atoms with Crippen molar-refractivity contribution in [3.05, 3.63) is 99.8 Å². The molecule has 172 valence electrons. The molecule has 1 unspecified atom stereocenters. The number of rotatable bonds is 6. The summed E-state index contributed by atoms with van der Waals surface area (Å²) >= 11 is 6.13. The van der Waals surface area contributed by atoms with E-state index in [0.29, 0.717) is 23.2 Å². The van der Waals surface area contributed by atoms with Crippen LogP contribution in [0.3, 0.4) is 0 Å². The number of hydrogen-bond acceptors (Lipinski definition) is 3. The van der Waals surface area contributed by atoms with E-state index in [0.717, 1.165) is 42.9 Å². The van der Waals surface area contributed by atoms with Crippen LogP contribution in [0, 0.1) is 12.7 Å². The molecule has 6 heteroatoms. The number of piperazine rings is 1. The average Bonchev–Trinajstić information content (AvgIpc) is 2.81. The summed E-state index contributed by atoms with van der Waals surface area (Å²) in [5.41, 5.74) is 4.77. The van der Waals surface area contributed by atoms with Gasteiger partial charge in [0.15, 0.2) is 0 Å². The largest absolute Gasteiger partial charge is 0.366 e. The fourth-order valence-corrected chi connectivity index (χ4v) is 4.52. The number of carbonyl (C=O) groups is 1. The second-order valence-corrected chi connectivity index (χ2v) is 9.07. The molecule has 0 radical (unpaired) electrons. The molecule has 0 spiro atoms. The molecular formula is C27H29ClFN3O. The second-order valence-electron chi connectivity index (χ2n) is 8.67. The Kier molecular flexibility index (Phi) is 7.31. The molecule has 0 aromatic heterocycles. The van der Waals surface area contributed by atoms with Gasteiger partial charge in [0.2, 0.25) is 0 Å². The third-order valence-corrected chi connectivity index (χ3v) is 6.67. The predicted molar refractivity (Wildman–Crippen MR) is 132 cm³/mol. The van der Waals surface area contributed by atoms with Crippen LogP contribution in [0.4, 0.5) is 10.1 Å². The van der Waals surface area contributed by atoms with Crippen molar-refractivity contribution in [3.8, 4) is 0 Å². The summed E-state index contributed by atoms with van der Waals surface area (Å²) in [5, 5.41) is 3.58. The van der Waals surface area contributed by atoms with E-state index in [1.165, 1.54) is 17.8 Å². The van der Waals surface area contributed by atoms with E-state index in [4.69, 9.17) is 11.6 Å². The van der Waals surface area contributed by atoms with Crippen LogP contribution in [-0.2, 0) is 13.1 Å². The van der Waals surface area contributed by atoms with E-state index in [2.05, 4.69) is 46.3 Å². The van der Waals surface area contributed by atoms with Gasteiger partial charge in [0.05, 0.1) is 0 Å². The molecule has 1 atom stereocenters. The zero-order valence-electron chi connectivity index (χ0n) is 19.0. The van der Waals surface area contributed by atoms with Gasteiger partial charge in [-0.2, -0.15) is 0 Å². The van der Waals surface area contributed by atoms with Crippen molar-refractivity contribution in [1.82, 2.24) is 10.2 Å². The van der Waals surface area contributed by atoms with E-state index in [-0.39, 0.29) is 11.7 Å². The summed E-state index contributed by atoms with van der Waals surface area (Å²) in [4.78, 5) is 17.4. The molecule has 1 amide bonds. The fraction of sp³-hybridized carbons (Fsp3) is 0.296. The van der Waals surface area contributed by atoms with E-state index in [1.807, 2.05) is 19.1 Å². The molecule has 1 saturated heterocycles. The Labute approximate surface area is 200 Å². The lowest BCUT2D eigenvalue weighted by Gasteiger charge is -2.41.